The molecule has 1 heterocycles. The molecular formula is C11H7BrF3N. The summed E-state index contributed by atoms with van der Waals surface area (Å²) in [6.45, 7) is 0. The van der Waals surface area contributed by atoms with Crippen molar-refractivity contribution < 1.29 is 13.2 Å². The molecule has 0 bridgehead atoms. The Morgan fingerprint density at radius 3 is 2.12 bits per heavy atom. The molecule has 16 heavy (non-hydrogen) atoms. The van der Waals surface area contributed by atoms with Gasteiger partial charge in [-0.25, -0.2) is 0 Å². The molecule has 2 rings (SSSR count). The minimum absolute atomic E-state index is 0.643. The van der Waals surface area contributed by atoms with Gasteiger partial charge in [0.25, 0.3) is 0 Å². The molecular weight excluding hydrogens is 283 g/mol. The van der Waals surface area contributed by atoms with Gasteiger partial charge in [-0.05, 0) is 30.3 Å². The first kappa shape index (κ1) is 11.3. The standard InChI is InChI=1S/C11H7BrF3N/c12-9-1-3-10(4-2-9)16-6-5-8(7-16)11(13,14)15/h1-7H. The zero-order chi connectivity index (χ0) is 11.8. The van der Waals surface area contributed by atoms with Crippen LogP contribution in [0.5, 0.6) is 0 Å². The normalized spacial score (nSPS) is 11.8. The lowest BCUT2D eigenvalue weighted by Crippen LogP contribution is -2.02. The SMILES string of the molecule is FC(F)(F)c1ccn(-c2ccc(Br)cc2)c1. The predicted octanol–water partition coefficient (Wildman–Crippen LogP) is 4.26. The largest absolute Gasteiger partial charge is 0.417 e. The van der Waals surface area contributed by atoms with E-state index in [1.54, 1.807) is 24.3 Å². The minimum atomic E-state index is -4.29. The van der Waals surface area contributed by atoms with E-state index in [4.69, 9.17) is 0 Å². The molecule has 0 unspecified atom stereocenters. The van der Waals surface area contributed by atoms with Crippen molar-refractivity contribution in [3.8, 4) is 5.69 Å². The summed E-state index contributed by atoms with van der Waals surface area (Å²) in [5, 5.41) is 0. The van der Waals surface area contributed by atoms with Crippen molar-refractivity contribution in [2.75, 3.05) is 0 Å². The zero-order valence-electron chi connectivity index (χ0n) is 8.00. The van der Waals surface area contributed by atoms with Crippen molar-refractivity contribution in [1.82, 2.24) is 4.57 Å². The van der Waals surface area contributed by atoms with Crippen LogP contribution in [0.1, 0.15) is 5.56 Å². The van der Waals surface area contributed by atoms with Crippen molar-refractivity contribution in [3.05, 3.63) is 52.8 Å². The number of alkyl halides is 3. The molecule has 2 aromatic rings. The molecule has 0 spiro atoms. The maximum absolute atomic E-state index is 12.4. The Morgan fingerprint density at radius 2 is 1.62 bits per heavy atom. The maximum Gasteiger partial charge on any atom is 0.417 e. The van der Waals surface area contributed by atoms with Crippen LogP contribution in [0.15, 0.2) is 47.2 Å². The van der Waals surface area contributed by atoms with Crippen LogP contribution in [0.25, 0.3) is 5.69 Å². The van der Waals surface area contributed by atoms with Crippen LogP contribution >= 0.6 is 15.9 Å². The predicted molar refractivity (Wildman–Crippen MR) is 58.5 cm³/mol. The zero-order valence-corrected chi connectivity index (χ0v) is 9.59. The van der Waals surface area contributed by atoms with Crippen molar-refractivity contribution >= 4 is 15.9 Å². The third-order valence-corrected chi connectivity index (χ3v) is 2.67. The van der Waals surface area contributed by atoms with Gasteiger partial charge in [0.05, 0.1) is 5.56 Å². The molecule has 0 aliphatic rings. The van der Waals surface area contributed by atoms with E-state index in [1.807, 2.05) is 0 Å². The molecule has 0 aliphatic heterocycles. The Kier molecular flexibility index (Phi) is 2.80. The van der Waals surface area contributed by atoms with Crippen LogP contribution in [0.4, 0.5) is 13.2 Å². The number of benzene rings is 1. The first-order valence-electron chi connectivity index (χ1n) is 4.48. The van der Waals surface area contributed by atoms with Crippen LogP contribution in [0.2, 0.25) is 0 Å². The maximum atomic E-state index is 12.4. The van der Waals surface area contributed by atoms with Gasteiger partial charge in [-0.3, -0.25) is 0 Å². The summed E-state index contributed by atoms with van der Waals surface area (Å²) in [5.74, 6) is 0. The van der Waals surface area contributed by atoms with Gasteiger partial charge in [0.2, 0.25) is 0 Å². The average Bonchev–Trinajstić information content (AvgIpc) is 2.67. The number of hydrogen-bond donors (Lipinski definition) is 0. The smallest absolute Gasteiger partial charge is 0.323 e. The highest BCUT2D eigenvalue weighted by molar-refractivity contribution is 9.10. The van der Waals surface area contributed by atoms with Gasteiger partial charge in [-0.1, -0.05) is 15.9 Å². The van der Waals surface area contributed by atoms with Crippen LogP contribution in [0.3, 0.4) is 0 Å². The summed E-state index contributed by atoms with van der Waals surface area (Å²) in [7, 11) is 0. The highest BCUT2D eigenvalue weighted by Crippen LogP contribution is 2.30. The second-order valence-electron chi connectivity index (χ2n) is 3.28. The van der Waals surface area contributed by atoms with E-state index in [-0.39, 0.29) is 0 Å². The van der Waals surface area contributed by atoms with Gasteiger partial charge in [0.1, 0.15) is 0 Å². The second kappa shape index (κ2) is 3.97. The van der Waals surface area contributed by atoms with Crippen molar-refractivity contribution in [3.63, 3.8) is 0 Å². The fraction of sp³-hybridized carbons (Fsp3) is 0.0909. The Balaban J connectivity index is 2.35. The van der Waals surface area contributed by atoms with Crippen molar-refractivity contribution in [2.24, 2.45) is 0 Å². The fourth-order valence-corrected chi connectivity index (χ4v) is 1.60. The van der Waals surface area contributed by atoms with Gasteiger partial charge < -0.3 is 4.57 Å². The van der Waals surface area contributed by atoms with E-state index in [0.717, 1.165) is 16.7 Å². The van der Waals surface area contributed by atoms with Gasteiger partial charge in [-0.15, -0.1) is 0 Å². The molecule has 0 amide bonds. The van der Waals surface area contributed by atoms with E-state index >= 15 is 0 Å². The molecule has 0 aliphatic carbocycles. The topological polar surface area (TPSA) is 4.93 Å². The molecule has 84 valence electrons. The van der Waals surface area contributed by atoms with Gasteiger partial charge in [0.15, 0.2) is 0 Å². The van der Waals surface area contributed by atoms with Crippen LogP contribution < -0.4 is 0 Å². The van der Waals surface area contributed by atoms with Gasteiger partial charge >= 0.3 is 6.18 Å². The molecule has 0 atom stereocenters. The Bertz CT molecular complexity index is 485. The second-order valence-corrected chi connectivity index (χ2v) is 4.20. The van der Waals surface area contributed by atoms with E-state index < -0.39 is 11.7 Å². The molecule has 0 fully saturated rings. The molecule has 1 nitrogen and oxygen atoms in total. The van der Waals surface area contributed by atoms with Crippen molar-refractivity contribution in [2.45, 2.75) is 6.18 Å². The molecule has 1 aromatic carbocycles. The summed E-state index contributed by atoms with van der Waals surface area (Å²) >= 11 is 3.27. The summed E-state index contributed by atoms with van der Waals surface area (Å²) in [5.41, 5.74) is 0.0501. The monoisotopic (exact) mass is 289 g/mol. The number of hydrogen-bond acceptors (Lipinski definition) is 0. The molecule has 5 heteroatoms. The molecule has 0 saturated carbocycles. The minimum Gasteiger partial charge on any atom is -0.323 e. The number of aromatic nitrogens is 1. The first-order chi connectivity index (χ1) is 7.47. The quantitative estimate of drug-likeness (QED) is 0.739. The number of halogens is 4. The molecule has 1 aromatic heterocycles. The lowest BCUT2D eigenvalue weighted by Gasteiger charge is -2.04. The summed E-state index contributed by atoms with van der Waals surface area (Å²) in [6.07, 6.45) is -1.82. The fourth-order valence-electron chi connectivity index (χ4n) is 1.34. The average molecular weight is 290 g/mol. The number of rotatable bonds is 1. The van der Waals surface area contributed by atoms with E-state index in [0.29, 0.717) is 5.69 Å². The van der Waals surface area contributed by atoms with Gasteiger partial charge in [-0.2, -0.15) is 13.2 Å². The molecule has 0 radical (unpaired) electrons. The Labute approximate surface area is 98.6 Å². The number of nitrogens with zero attached hydrogens (tertiary/aromatic N) is 1. The van der Waals surface area contributed by atoms with Gasteiger partial charge in [0, 0.05) is 22.6 Å². The first-order valence-corrected chi connectivity index (χ1v) is 5.27. The van der Waals surface area contributed by atoms with Crippen LogP contribution in [0, 0.1) is 0 Å². The summed E-state index contributed by atoms with van der Waals surface area (Å²) < 4.78 is 39.4. The van der Waals surface area contributed by atoms with Crippen LogP contribution in [-0.4, -0.2) is 4.57 Å². The highest BCUT2D eigenvalue weighted by Gasteiger charge is 2.31. The Morgan fingerprint density at radius 1 is 1.00 bits per heavy atom. The van der Waals surface area contributed by atoms with E-state index in [1.165, 1.54) is 10.8 Å². The van der Waals surface area contributed by atoms with E-state index in [9.17, 15) is 13.2 Å². The third kappa shape index (κ3) is 2.29. The van der Waals surface area contributed by atoms with Crippen LogP contribution in [-0.2, 0) is 6.18 Å². The lowest BCUT2D eigenvalue weighted by atomic mass is 10.3. The third-order valence-electron chi connectivity index (χ3n) is 2.14. The lowest BCUT2D eigenvalue weighted by molar-refractivity contribution is -0.137. The Hall–Kier alpha value is -1.23. The summed E-state index contributed by atoms with van der Waals surface area (Å²) in [4.78, 5) is 0. The summed E-state index contributed by atoms with van der Waals surface area (Å²) in [6, 6.07) is 8.10. The van der Waals surface area contributed by atoms with E-state index in [2.05, 4.69) is 15.9 Å². The highest BCUT2D eigenvalue weighted by atomic mass is 79.9. The molecule has 0 saturated heterocycles. The van der Waals surface area contributed by atoms with Crippen molar-refractivity contribution in [1.29, 1.82) is 0 Å². The molecule has 0 N–H and O–H groups in total.